The molecular weight excluding hydrogens is 238 g/mol. The summed E-state index contributed by atoms with van der Waals surface area (Å²) >= 11 is 0. The van der Waals surface area contributed by atoms with Crippen LogP contribution in [-0.4, -0.2) is 41.9 Å². The molecule has 0 radical (unpaired) electrons. The third-order valence-electron chi connectivity index (χ3n) is 3.85. The smallest absolute Gasteiger partial charge is 0.128 e. The van der Waals surface area contributed by atoms with Gasteiger partial charge in [0.15, 0.2) is 0 Å². The van der Waals surface area contributed by atoms with Gasteiger partial charge < -0.3 is 15.3 Å². The Hall–Kier alpha value is -1.13. The number of hydrogen-bond donors (Lipinski definition) is 2. The second-order valence-electron chi connectivity index (χ2n) is 5.67. The Bertz CT molecular complexity index is 361. The van der Waals surface area contributed by atoms with E-state index in [-0.39, 0.29) is 6.10 Å². The van der Waals surface area contributed by atoms with E-state index in [2.05, 4.69) is 35.1 Å². The zero-order valence-corrected chi connectivity index (χ0v) is 11.9. The van der Waals surface area contributed by atoms with Crippen LogP contribution in [0.1, 0.15) is 26.7 Å². The van der Waals surface area contributed by atoms with Gasteiger partial charge in [0.25, 0.3) is 0 Å². The molecule has 4 heteroatoms. The SMILES string of the molecule is CC(C)C(O)CNC1CCN(c2ccccn2)CC1. The highest BCUT2D eigenvalue weighted by Crippen LogP contribution is 2.17. The first-order valence-corrected chi connectivity index (χ1v) is 7.24. The summed E-state index contributed by atoms with van der Waals surface area (Å²) in [6.07, 6.45) is 3.83. The monoisotopic (exact) mass is 263 g/mol. The van der Waals surface area contributed by atoms with Crippen molar-refractivity contribution < 1.29 is 5.11 Å². The second-order valence-corrected chi connectivity index (χ2v) is 5.67. The summed E-state index contributed by atoms with van der Waals surface area (Å²) in [6.45, 7) is 6.87. The van der Waals surface area contributed by atoms with Crippen LogP contribution in [0.3, 0.4) is 0 Å². The van der Waals surface area contributed by atoms with Crippen molar-refractivity contribution >= 4 is 5.82 Å². The second kappa shape index (κ2) is 6.87. The van der Waals surface area contributed by atoms with Crippen LogP contribution >= 0.6 is 0 Å². The zero-order valence-electron chi connectivity index (χ0n) is 11.9. The molecule has 1 fully saturated rings. The number of anilines is 1. The molecule has 1 aromatic heterocycles. The van der Waals surface area contributed by atoms with Crippen LogP contribution in [0.15, 0.2) is 24.4 Å². The number of pyridine rings is 1. The number of piperidine rings is 1. The number of rotatable bonds is 5. The van der Waals surface area contributed by atoms with E-state index in [4.69, 9.17) is 0 Å². The van der Waals surface area contributed by atoms with Crippen LogP contribution < -0.4 is 10.2 Å². The molecule has 0 aromatic carbocycles. The van der Waals surface area contributed by atoms with Crippen LogP contribution in [0.4, 0.5) is 5.82 Å². The van der Waals surface area contributed by atoms with Crippen molar-refractivity contribution in [1.82, 2.24) is 10.3 Å². The van der Waals surface area contributed by atoms with Crippen molar-refractivity contribution in [2.24, 2.45) is 5.92 Å². The maximum absolute atomic E-state index is 9.80. The van der Waals surface area contributed by atoms with Crippen molar-refractivity contribution in [2.75, 3.05) is 24.5 Å². The van der Waals surface area contributed by atoms with Gasteiger partial charge in [0.2, 0.25) is 0 Å². The Morgan fingerprint density at radius 1 is 1.37 bits per heavy atom. The van der Waals surface area contributed by atoms with Gasteiger partial charge in [-0.1, -0.05) is 19.9 Å². The van der Waals surface area contributed by atoms with Crippen molar-refractivity contribution in [3.05, 3.63) is 24.4 Å². The van der Waals surface area contributed by atoms with Crippen molar-refractivity contribution in [2.45, 2.75) is 38.8 Å². The van der Waals surface area contributed by atoms with E-state index in [0.29, 0.717) is 18.5 Å². The lowest BCUT2D eigenvalue weighted by Gasteiger charge is -2.33. The van der Waals surface area contributed by atoms with E-state index in [1.807, 2.05) is 18.3 Å². The first kappa shape index (κ1) is 14.3. The van der Waals surface area contributed by atoms with Gasteiger partial charge in [-0.2, -0.15) is 0 Å². The standard InChI is InChI=1S/C15H25N3O/c1-12(2)14(19)11-17-13-6-9-18(10-7-13)15-5-3-4-8-16-15/h3-5,8,12-14,17,19H,6-7,9-11H2,1-2H3. The number of nitrogens with zero attached hydrogens (tertiary/aromatic N) is 2. The molecule has 0 bridgehead atoms. The Labute approximate surface area is 115 Å². The Kier molecular flexibility index (Phi) is 5.16. The van der Waals surface area contributed by atoms with Crippen molar-refractivity contribution in [1.29, 1.82) is 0 Å². The van der Waals surface area contributed by atoms with Gasteiger partial charge in [-0.25, -0.2) is 4.98 Å². The Morgan fingerprint density at radius 2 is 2.11 bits per heavy atom. The molecule has 1 aliphatic rings. The fourth-order valence-corrected chi connectivity index (χ4v) is 2.38. The molecule has 2 N–H and O–H groups in total. The minimum Gasteiger partial charge on any atom is -0.392 e. The highest BCUT2D eigenvalue weighted by atomic mass is 16.3. The van der Waals surface area contributed by atoms with Gasteiger partial charge in [-0.3, -0.25) is 0 Å². The number of aliphatic hydroxyl groups is 1. The van der Waals surface area contributed by atoms with Gasteiger partial charge in [0.05, 0.1) is 6.10 Å². The third kappa shape index (κ3) is 4.18. The minimum absolute atomic E-state index is 0.242. The van der Waals surface area contributed by atoms with Crippen LogP contribution in [0, 0.1) is 5.92 Å². The fraction of sp³-hybridized carbons (Fsp3) is 0.667. The summed E-state index contributed by atoms with van der Waals surface area (Å²) in [4.78, 5) is 6.72. The maximum atomic E-state index is 9.80. The predicted molar refractivity (Wildman–Crippen MR) is 78.3 cm³/mol. The molecule has 1 aromatic rings. The first-order valence-electron chi connectivity index (χ1n) is 7.24. The molecule has 106 valence electrons. The summed E-state index contributed by atoms with van der Waals surface area (Å²) < 4.78 is 0. The van der Waals surface area contributed by atoms with Gasteiger partial charge in [0.1, 0.15) is 5.82 Å². The lowest BCUT2D eigenvalue weighted by molar-refractivity contribution is 0.118. The summed E-state index contributed by atoms with van der Waals surface area (Å²) in [6, 6.07) is 6.57. The molecule has 19 heavy (non-hydrogen) atoms. The summed E-state index contributed by atoms with van der Waals surface area (Å²) in [5.74, 6) is 1.39. The lowest BCUT2D eigenvalue weighted by Crippen LogP contribution is -2.45. The Morgan fingerprint density at radius 3 is 2.68 bits per heavy atom. The quantitative estimate of drug-likeness (QED) is 0.848. The molecule has 0 aliphatic carbocycles. The molecule has 1 aliphatic heterocycles. The van der Waals surface area contributed by atoms with Crippen molar-refractivity contribution in [3.8, 4) is 0 Å². The number of nitrogens with one attached hydrogen (secondary N) is 1. The highest BCUT2D eigenvalue weighted by molar-refractivity contribution is 5.38. The molecule has 1 atom stereocenters. The summed E-state index contributed by atoms with van der Waals surface area (Å²) in [7, 11) is 0. The van der Waals surface area contributed by atoms with E-state index in [1.165, 1.54) is 0 Å². The van der Waals surface area contributed by atoms with Crippen LogP contribution in [0.2, 0.25) is 0 Å². The van der Waals surface area contributed by atoms with Gasteiger partial charge in [-0.15, -0.1) is 0 Å². The first-order chi connectivity index (χ1) is 9.16. The predicted octanol–water partition coefficient (Wildman–Crippen LogP) is 1.66. The third-order valence-corrected chi connectivity index (χ3v) is 3.85. The Balaban J connectivity index is 1.74. The summed E-state index contributed by atoms with van der Waals surface area (Å²) in [5.41, 5.74) is 0. The summed E-state index contributed by atoms with van der Waals surface area (Å²) in [5, 5.41) is 13.3. The molecular formula is C15H25N3O. The maximum Gasteiger partial charge on any atom is 0.128 e. The average Bonchev–Trinajstić information content (AvgIpc) is 2.46. The van der Waals surface area contributed by atoms with Gasteiger partial charge in [0, 0.05) is 31.9 Å². The molecule has 2 heterocycles. The zero-order chi connectivity index (χ0) is 13.7. The van der Waals surface area contributed by atoms with Gasteiger partial charge in [-0.05, 0) is 30.9 Å². The molecule has 4 nitrogen and oxygen atoms in total. The number of hydrogen-bond acceptors (Lipinski definition) is 4. The molecule has 2 rings (SSSR count). The fourth-order valence-electron chi connectivity index (χ4n) is 2.38. The van der Waals surface area contributed by atoms with E-state index in [9.17, 15) is 5.11 Å². The molecule has 0 saturated carbocycles. The molecule has 1 saturated heterocycles. The van der Waals surface area contributed by atoms with E-state index < -0.39 is 0 Å². The van der Waals surface area contributed by atoms with E-state index in [1.54, 1.807) is 0 Å². The number of aliphatic hydroxyl groups excluding tert-OH is 1. The van der Waals surface area contributed by atoms with E-state index >= 15 is 0 Å². The van der Waals surface area contributed by atoms with Gasteiger partial charge >= 0.3 is 0 Å². The van der Waals surface area contributed by atoms with Crippen LogP contribution in [-0.2, 0) is 0 Å². The minimum atomic E-state index is -0.242. The van der Waals surface area contributed by atoms with E-state index in [0.717, 1.165) is 31.7 Å². The average molecular weight is 263 g/mol. The largest absolute Gasteiger partial charge is 0.392 e. The van der Waals surface area contributed by atoms with Crippen LogP contribution in [0.25, 0.3) is 0 Å². The molecule has 0 spiro atoms. The highest BCUT2D eigenvalue weighted by Gasteiger charge is 2.20. The topological polar surface area (TPSA) is 48.4 Å². The van der Waals surface area contributed by atoms with Crippen LogP contribution in [0.5, 0.6) is 0 Å². The molecule has 0 amide bonds. The lowest BCUT2D eigenvalue weighted by atomic mass is 10.0. The molecule has 1 unspecified atom stereocenters. The normalized spacial score (nSPS) is 18.8. The number of aromatic nitrogens is 1. The van der Waals surface area contributed by atoms with Crippen molar-refractivity contribution in [3.63, 3.8) is 0 Å².